The van der Waals surface area contributed by atoms with E-state index in [0.717, 1.165) is 12.0 Å². The topological polar surface area (TPSA) is 29.0 Å². The third-order valence-corrected chi connectivity index (χ3v) is 4.45. The van der Waals surface area contributed by atoms with Gasteiger partial charge in [-0.15, -0.1) is 0 Å². The van der Waals surface area contributed by atoms with Gasteiger partial charge in [0.1, 0.15) is 0 Å². The number of rotatable bonds is 1. The van der Waals surface area contributed by atoms with Gasteiger partial charge in [-0.2, -0.15) is 0 Å². The van der Waals surface area contributed by atoms with E-state index in [-0.39, 0.29) is 0 Å². The van der Waals surface area contributed by atoms with E-state index in [1.54, 1.807) is 0 Å². The van der Waals surface area contributed by atoms with Crippen LogP contribution in [0, 0.1) is 6.92 Å². The van der Waals surface area contributed by atoms with E-state index < -0.39 is 0 Å². The number of nitrogens with two attached hydrogens (primary N) is 1. The molecule has 1 aliphatic carbocycles. The van der Waals surface area contributed by atoms with Gasteiger partial charge in [-0.25, -0.2) is 4.31 Å². The molecule has 94 valence electrons. The standard InChI is InChI=1S/C13H17NS.CH5N/c1-9-5-7-10(8-6-9)11-3-2-4-12-13(11)14(12)15;1-2/h5-8,11-13,15H,2-4H2,1H3;2H2,1H3. The fourth-order valence-electron chi connectivity index (χ4n) is 2.94. The highest BCUT2D eigenvalue weighted by Crippen LogP contribution is 2.49. The van der Waals surface area contributed by atoms with Crippen molar-refractivity contribution in [2.75, 3.05) is 7.05 Å². The summed E-state index contributed by atoms with van der Waals surface area (Å²) in [5, 5.41) is 0. The van der Waals surface area contributed by atoms with Crippen LogP contribution in [0.4, 0.5) is 0 Å². The summed E-state index contributed by atoms with van der Waals surface area (Å²) < 4.78 is 2.25. The van der Waals surface area contributed by atoms with Crippen LogP contribution in [0.3, 0.4) is 0 Å². The highest BCUT2D eigenvalue weighted by Gasteiger charge is 2.52. The summed E-state index contributed by atoms with van der Waals surface area (Å²) in [5.74, 6) is 0.724. The van der Waals surface area contributed by atoms with Crippen LogP contribution in [0.15, 0.2) is 24.3 Å². The molecule has 3 rings (SSSR count). The molecule has 0 amide bonds. The minimum Gasteiger partial charge on any atom is -0.333 e. The van der Waals surface area contributed by atoms with Crippen molar-refractivity contribution in [2.45, 2.75) is 44.2 Å². The third-order valence-electron chi connectivity index (χ3n) is 3.88. The van der Waals surface area contributed by atoms with Crippen LogP contribution < -0.4 is 5.73 Å². The van der Waals surface area contributed by atoms with E-state index in [1.165, 1.54) is 37.4 Å². The molecule has 2 nitrogen and oxygen atoms in total. The van der Waals surface area contributed by atoms with Crippen molar-refractivity contribution < 1.29 is 0 Å². The molecule has 0 aromatic heterocycles. The molecule has 0 spiro atoms. The van der Waals surface area contributed by atoms with Crippen LogP contribution >= 0.6 is 12.8 Å². The fourth-order valence-corrected chi connectivity index (χ4v) is 3.44. The van der Waals surface area contributed by atoms with Crippen molar-refractivity contribution in [3.8, 4) is 0 Å². The quantitative estimate of drug-likeness (QED) is 0.593. The lowest BCUT2D eigenvalue weighted by molar-refractivity contribution is 0.502. The Morgan fingerprint density at radius 1 is 1.18 bits per heavy atom. The number of fused-ring (bicyclic) bond motifs is 1. The Hall–Kier alpha value is -0.510. The molecule has 1 heterocycles. The second kappa shape index (κ2) is 5.42. The number of nitrogens with zero attached hydrogens (tertiary/aromatic N) is 1. The van der Waals surface area contributed by atoms with E-state index >= 15 is 0 Å². The molecule has 1 aliphatic heterocycles. The molecule has 2 fully saturated rings. The molecule has 3 heteroatoms. The van der Waals surface area contributed by atoms with Crippen LogP contribution in [-0.2, 0) is 0 Å². The van der Waals surface area contributed by atoms with Crippen LogP contribution in [0.5, 0.6) is 0 Å². The van der Waals surface area contributed by atoms with Gasteiger partial charge in [0.05, 0.1) is 0 Å². The Morgan fingerprint density at radius 3 is 2.47 bits per heavy atom. The molecule has 1 saturated heterocycles. The van der Waals surface area contributed by atoms with Gasteiger partial charge in [-0.1, -0.05) is 49.1 Å². The Bertz CT molecular complexity index is 363. The lowest BCUT2D eigenvalue weighted by atomic mass is 9.84. The Morgan fingerprint density at radius 2 is 1.82 bits per heavy atom. The average molecular weight is 250 g/mol. The Balaban J connectivity index is 0.000000514. The second-order valence-corrected chi connectivity index (χ2v) is 5.35. The maximum Gasteiger partial charge on any atom is 0.0437 e. The van der Waals surface area contributed by atoms with Gasteiger partial charge in [0.25, 0.3) is 0 Å². The smallest absolute Gasteiger partial charge is 0.0437 e. The highest BCUT2D eigenvalue weighted by atomic mass is 32.1. The van der Waals surface area contributed by atoms with Crippen LogP contribution in [0.25, 0.3) is 0 Å². The first-order valence-corrected chi connectivity index (χ1v) is 6.79. The van der Waals surface area contributed by atoms with E-state index in [2.05, 4.69) is 54.0 Å². The number of aryl methyl sites for hydroxylation is 1. The molecule has 2 aliphatic rings. The van der Waals surface area contributed by atoms with Gasteiger partial charge < -0.3 is 5.73 Å². The summed E-state index contributed by atoms with van der Waals surface area (Å²) in [5.41, 5.74) is 7.36. The molecular formula is C14H22N2S. The van der Waals surface area contributed by atoms with Crippen LogP contribution in [0.1, 0.15) is 36.3 Å². The van der Waals surface area contributed by atoms with Gasteiger partial charge in [0.15, 0.2) is 0 Å². The SMILES string of the molecule is CN.Cc1ccc(C2CCCC3C2N3S)cc1. The molecule has 1 aromatic carbocycles. The number of thiol groups is 1. The summed E-state index contributed by atoms with van der Waals surface area (Å²) in [4.78, 5) is 0. The summed E-state index contributed by atoms with van der Waals surface area (Å²) in [6.45, 7) is 2.15. The van der Waals surface area contributed by atoms with Gasteiger partial charge in [0.2, 0.25) is 0 Å². The summed E-state index contributed by atoms with van der Waals surface area (Å²) >= 11 is 4.53. The maximum absolute atomic E-state index is 4.53. The van der Waals surface area contributed by atoms with Crippen LogP contribution in [0.2, 0.25) is 0 Å². The lowest BCUT2D eigenvalue weighted by Gasteiger charge is -2.20. The molecule has 17 heavy (non-hydrogen) atoms. The van der Waals surface area contributed by atoms with Gasteiger partial charge >= 0.3 is 0 Å². The monoisotopic (exact) mass is 250 g/mol. The zero-order valence-electron chi connectivity index (χ0n) is 10.6. The number of hydrogen-bond acceptors (Lipinski definition) is 3. The van der Waals surface area contributed by atoms with E-state index in [0.29, 0.717) is 6.04 Å². The summed E-state index contributed by atoms with van der Waals surface area (Å²) in [6, 6.07) is 10.5. The maximum atomic E-state index is 4.53. The zero-order chi connectivity index (χ0) is 12.4. The van der Waals surface area contributed by atoms with E-state index in [4.69, 9.17) is 0 Å². The molecule has 4 atom stereocenters. The highest BCUT2D eigenvalue weighted by molar-refractivity contribution is 7.78. The van der Waals surface area contributed by atoms with Crippen molar-refractivity contribution in [2.24, 2.45) is 5.73 Å². The van der Waals surface area contributed by atoms with Crippen LogP contribution in [-0.4, -0.2) is 23.4 Å². The molecule has 2 N–H and O–H groups in total. The molecule has 1 aromatic rings. The van der Waals surface area contributed by atoms with E-state index in [9.17, 15) is 0 Å². The van der Waals surface area contributed by atoms with Crippen molar-refractivity contribution in [3.63, 3.8) is 0 Å². The van der Waals surface area contributed by atoms with Gasteiger partial charge in [0, 0.05) is 18.0 Å². The largest absolute Gasteiger partial charge is 0.333 e. The number of hydrogen-bond donors (Lipinski definition) is 2. The van der Waals surface area contributed by atoms with Crippen molar-refractivity contribution in [1.29, 1.82) is 0 Å². The predicted octanol–water partition coefficient (Wildman–Crippen LogP) is 2.74. The first-order valence-electron chi connectivity index (χ1n) is 6.39. The Labute approximate surface area is 110 Å². The number of benzene rings is 1. The molecule has 1 saturated carbocycles. The summed E-state index contributed by atoms with van der Waals surface area (Å²) in [6.07, 6.45) is 4.04. The van der Waals surface area contributed by atoms with Crippen molar-refractivity contribution in [3.05, 3.63) is 35.4 Å². The minimum atomic E-state index is 0.713. The molecule has 0 bridgehead atoms. The fraction of sp³-hybridized carbons (Fsp3) is 0.571. The first kappa shape index (κ1) is 12.9. The lowest BCUT2D eigenvalue weighted by Crippen LogP contribution is -2.14. The molecule has 0 radical (unpaired) electrons. The van der Waals surface area contributed by atoms with E-state index in [1.807, 2.05) is 0 Å². The van der Waals surface area contributed by atoms with Crippen molar-refractivity contribution >= 4 is 12.8 Å². The second-order valence-electron chi connectivity index (χ2n) is 4.89. The zero-order valence-corrected chi connectivity index (χ0v) is 11.5. The predicted molar refractivity (Wildman–Crippen MR) is 76.3 cm³/mol. The first-order chi connectivity index (χ1) is 8.27. The Kier molecular flexibility index (Phi) is 4.13. The van der Waals surface area contributed by atoms with Crippen molar-refractivity contribution in [1.82, 2.24) is 4.31 Å². The average Bonchev–Trinajstić information content (AvgIpc) is 3.05. The normalized spacial score (nSPS) is 34.4. The molecular weight excluding hydrogens is 228 g/mol. The minimum absolute atomic E-state index is 0.713. The van der Waals surface area contributed by atoms with Gasteiger partial charge in [-0.05, 0) is 32.4 Å². The van der Waals surface area contributed by atoms with Gasteiger partial charge in [-0.3, -0.25) is 0 Å². The summed E-state index contributed by atoms with van der Waals surface area (Å²) in [7, 11) is 1.50. The molecule has 4 unspecified atom stereocenters. The third kappa shape index (κ3) is 2.51.